The van der Waals surface area contributed by atoms with Crippen molar-refractivity contribution in [1.82, 2.24) is 4.57 Å². The van der Waals surface area contributed by atoms with Crippen LogP contribution in [0.1, 0.15) is 39.6 Å². The van der Waals surface area contributed by atoms with Gasteiger partial charge in [-0.1, -0.05) is 102 Å². The lowest BCUT2D eigenvalue weighted by molar-refractivity contribution is 0.307. The number of para-hydroxylation sites is 1. The van der Waals surface area contributed by atoms with E-state index in [-0.39, 0.29) is 11.6 Å². The van der Waals surface area contributed by atoms with Gasteiger partial charge in [-0.25, -0.2) is 4.99 Å². The molecule has 0 spiro atoms. The molecule has 3 heterocycles. The lowest BCUT2D eigenvalue weighted by Gasteiger charge is -2.30. The zero-order valence-corrected chi connectivity index (χ0v) is 24.3. The summed E-state index contributed by atoms with van der Waals surface area (Å²) in [4.78, 5) is 21.2. The van der Waals surface area contributed by atoms with E-state index in [0.717, 1.165) is 40.2 Å². The van der Waals surface area contributed by atoms with Crippen LogP contribution in [-0.4, -0.2) is 4.57 Å². The smallest absolute Gasteiger partial charge is 0.271 e. The molecule has 4 aromatic carbocycles. The summed E-state index contributed by atoms with van der Waals surface area (Å²) in [6.45, 7) is 0.442. The Morgan fingerprint density at radius 2 is 1.71 bits per heavy atom. The molecule has 2 aliphatic rings. The molecule has 0 fully saturated rings. The van der Waals surface area contributed by atoms with Gasteiger partial charge in [-0.3, -0.25) is 9.36 Å². The summed E-state index contributed by atoms with van der Waals surface area (Å²) in [7, 11) is 0. The molecule has 8 rings (SSSR count). The van der Waals surface area contributed by atoms with E-state index in [4.69, 9.17) is 9.73 Å². The van der Waals surface area contributed by atoms with Crippen LogP contribution in [-0.2, 0) is 13.0 Å². The Balaban J connectivity index is 1.22. The third-order valence-corrected chi connectivity index (χ3v) is 10.1. The van der Waals surface area contributed by atoms with Crippen molar-refractivity contribution in [1.29, 1.82) is 0 Å². The van der Waals surface area contributed by atoms with Crippen LogP contribution in [0.2, 0.25) is 0 Å². The average Bonchev–Trinajstić information content (AvgIpc) is 3.68. The van der Waals surface area contributed by atoms with Crippen LogP contribution >= 0.6 is 22.7 Å². The highest BCUT2D eigenvalue weighted by Crippen LogP contribution is 2.42. The van der Waals surface area contributed by atoms with Crippen LogP contribution < -0.4 is 19.6 Å². The van der Waals surface area contributed by atoms with Crippen molar-refractivity contribution in [2.45, 2.75) is 25.5 Å². The molecule has 0 N–H and O–H groups in total. The molecule has 1 aliphatic heterocycles. The predicted molar refractivity (Wildman–Crippen MR) is 172 cm³/mol. The number of hydrogen-bond acceptors (Lipinski definition) is 5. The van der Waals surface area contributed by atoms with Gasteiger partial charge in [0.2, 0.25) is 0 Å². The summed E-state index contributed by atoms with van der Waals surface area (Å²) in [5.74, 6) is 0.749. The average molecular weight is 583 g/mol. The fraction of sp³-hybridized carbons (Fsp3) is 0.111. The zero-order valence-electron chi connectivity index (χ0n) is 22.7. The highest BCUT2D eigenvalue weighted by Gasteiger charge is 2.33. The largest absolute Gasteiger partial charge is 0.488 e. The molecule has 1 aliphatic carbocycles. The number of fused-ring (bicyclic) bond motifs is 4. The van der Waals surface area contributed by atoms with Crippen LogP contribution in [0.3, 0.4) is 0 Å². The van der Waals surface area contributed by atoms with Crippen LogP contribution in [0.15, 0.2) is 124 Å². The second-order valence-corrected chi connectivity index (χ2v) is 12.6. The first-order chi connectivity index (χ1) is 20.7. The summed E-state index contributed by atoms with van der Waals surface area (Å²) in [5.41, 5.74) is 6.77. The maximum atomic E-state index is 14.1. The molecule has 0 amide bonds. The number of ether oxygens (including phenoxy) is 1. The van der Waals surface area contributed by atoms with Crippen molar-refractivity contribution < 1.29 is 4.74 Å². The quantitative estimate of drug-likeness (QED) is 0.217. The van der Waals surface area contributed by atoms with E-state index in [2.05, 4.69) is 84.2 Å². The SMILES string of the molecule is O=c1/c(=C/c2ccccc2OCc2cccc3ccccc23)sc2n1[C@@H](c1cccs1)C1=C(N=2)c2ccccc2CC1. The molecule has 1 atom stereocenters. The summed E-state index contributed by atoms with van der Waals surface area (Å²) < 4.78 is 8.94. The first-order valence-corrected chi connectivity index (χ1v) is 15.8. The minimum Gasteiger partial charge on any atom is -0.488 e. The van der Waals surface area contributed by atoms with Gasteiger partial charge in [0.05, 0.1) is 16.3 Å². The van der Waals surface area contributed by atoms with Crippen LogP contribution in [0.5, 0.6) is 5.75 Å². The van der Waals surface area contributed by atoms with Crippen LogP contribution in [0, 0.1) is 0 Å². The summed E-state index contributed by atoms with van der Waals surface area (Å²) >= 11 is 3.15. The second-order valence-electron chi connectivity index (χ2n) is 10.6. The molecule has 42 heavy (non-hydrogen) atoms. The molecule has 0 saturated carbocycles. The van der Waals surface area contributed by atoms with Crippen molar-refractivity contribution in [3.8, 4) is 5.75 Å². The molecule has 0 unspecified atom stereocenters. The lowest BCUT2D eigenvalue weighted by Crippen LogP contribution is -2.38. The van der Waals surface area contributed by atoms with E-state index in [1.54, 1.807) is 11.3 Å². The predicted octanol–water partition coefficient (Wildman–Crippen LogP) is 7.11. The second kappa shape index (κ2) is 10.4. The number of aromatic nitrogens is 1. The van der Waals surface area contributed by atoms with Gasteiger partial charge in [-0.2, -0.15) is 0 Å². The van der Waals surface area contributed by atoms with Gasteiger partial charge >= 0.3 is 0 Å². The minimum atomic E-state index is -0.135. The van der Waals surface area contributed by atoms with E-state index in [1.807, 2.05) is 34.9 Å². The molecule has 4 nitrogen and oxygen atoms in total. The van der Waals surface area contributed by atoms with E-state index in [1.165, 1.54) is 43.7 Å². The number of hydrogen-bond donors (Lipinski definition) is 0. The van der Waals surface area contributed by atoms with Gasteiger partial charge < -0.3 is 4.74 Å². The van der Waals surface area contributed by atoms with Crippen molar-refractivity contribution in [2.24, 2.45) is 4.99 Å². The molecule has 6 heteroatoms. The van der Waals surface area contributed by atoms with E-state index in [0.29, 0.717) is 11.1 Å². The summed E-state index contributed by atoms with van der Waals surface area (Å²) in [6, 6.07) is 35.2. The van der Waals surface area contributed by atoms with Crippen LogP contribution in [0.4, 0.5) is 0 Å². The maximum Gasteiger partial charge on any atom is 0.271 e. The van der Waals surface area contributed by atoms with E-state index >= 15 is 0 Å². The van der Waals surface area contributed by atoms with Crippen molar-refractivity contribution >= 4 is 45.2 Å². The van der Waals surface area contributed by atoms with Gasteiger partial charge in [-0.15, -0.1) is 11.3 Å². The fourth-order valence-corrected chi connectivity index (χ4v) is 8.00. The molecule has 6 aromatic rings. The Bertz CT molecular complexity index is 2180. The normalized spacial score (nSPS) is 16.1. The monoisotopic (exact) mass is 582 g/mol. The topological polar surface area (TPSA) is 43.6 Å². The molecule has 0 saturated heterocycles. The molecule has 204 valence electrons. The highest BCUT2D eigenvalue weighted by molar-refractivity contribution is 7.10. The van der Waals surface area contributed by atoms with E-state index in [9.17, 15) is 4.79 Å². The van der Waals surface area contributed by atoms with Gasteiger partial charge in [0, 0.05) is 16.0 Å². The van der Waals surface area contributed by atoms with Crippen molar-refractivity contribution in [3.05, 3.63) is 161 Å². The standard InChI is InChI=1S/C36H26N2O2S2/c39-35-32(21-25-11-3-6-16-30(25)40-22-26-13-7-12-23-9-1-4-14-27(23)26)42-36-37-33-28-15-5-2-10-24(28)18-19-29(33)34(38(35)36)31-17-8-20-41-31/h1-17,20-21,34H,18-19,22H2/b32-21-/t34-/m1/s1. The Kier molecular flexibility index (Phi) is 6.24. The maximum absolute atomic E-state index is 14.1. The third-order valence-electron chi connectivity index (χ3n) is 8.15. The van der Waals surface area contributed by atoms with Gasteiger partial charge in [0.25, 0.3) is 5.56 Å². The van der Waals surface area contributed by atoms with Crippen molar-refractivity contribution in [3.63, 3.8) is 0 Å². The number of nitrogens with zero attached hydrogens (tertiary/aromatic N) is 2. The summed E-state index contributed by atoms with van der Waals surface area (Å²) in [5, 5.41) is 4.47. The van der Waals surface area contributed by atoms with Crippen molar-refractivity contribution in [2.75, 3.05) is 0 Å². The molecule has 0 bridgehead atoms. The minimum absolute atomic E-state index is 0.00795. The fourth-order valence-electron chi connectivity index (χ4n) is 6.16. The first kappa shape index (κ1) is 25.2. The highest BCUT2D eigenvalue weighted by atomic mass is 32.1. The number of rotatable bonds is 5. The lowest BCUT2D eigenvalue weighted by atomic mass is 9.85. The first-order valence-electron chi connectivity index (χ1n) is 14.1. The number of benzene rings is 4. The van der Waals surface area contributed by atoms with Gasteiger partial charge in [-0.05, 0) is 63.9 Å². The molecule has 2 aromatic heterocycles. The summed E-state index contributed by atoms with van der Waals surface area (Å²) in [6.07, 6.45) is 3.82. The Labute approximate surface area is 250 Å². The zero-order chi connectivity index (χ0) is 28.0. The van der Waals surface area contributed by atoms with Gasteiger partial charge in [0.1, 0.15) is 12.4 Å². The molecular weight excluding hydrogens is 557 g/mol. The Morgan fingerprint density at radius 1 is 0.881 bits per heavy atom. The van der Waals surface area contributed by atoms with Crippen LogP contribution in [0.25, 0.3) is 22.5 Å². The molecule has 0 radical (unpaired) electrons. The van der Waals surface area contributed by atoms with Gasteiger partial charge in [0.15, 0.2) is 4.80 Å². The Hall–Kier alpha value is -4.52. The molecular formula is C36H26N2O2S2. The number of thiazole rings is 1. The van der Waals surface area contributed by atoms with E-state index < -0.39 is 0 Å². The number of thiophene rings is 1. The number of allylic oxidation sites excluding steroid dienone is 1. The third kappa shape index (κ3) is 4.26. The number of aryl methyl sites for hydroxylation is 1. The Morgan fingerprint density at radius 3 is 2.64 bits per heavy atom.